The van der Waals surface area contributed by atoms with E-state index in [0.717, 1.165) is 51.6 Å². The van der Waals surface area contributed by atoms with Crippen LogP contribution in [0, 0.1) is 52.3 Å². The zero-order valence-electron chi connectivity index (χ0n) is 37.0. The van der Waals surface area contributed by atoms with E-state index in [1.165, 1.54) is 12.8 Å². The van der Waals surface area contributed by atoms with Crippen molar-refractivity contribution in [1.29, 1.82) is 0 Å². The maximum atomic E-state index is 11.5. The molecule has 18 nitrogen and oxygen atoms in total. The highest BCUT2D eigenvalue weighted by atomic mass is 16.8. The lowest BCUT2D eigenvalue weighted by Gasteiger charge is -2.61. The largest absolute Gasteiger partial charge is 0.394 e. The molecular weight excluding hydrogens is 828 g/mol. The average molecular weight is 903 g/mol. The van der Waals surface area contributed by atoms with Gasteiger partial charge in [-0.05, 0) is 104 Å². The number of hydrogen-bond acceptors (Lipinski definition) is 18. The van der Waals surface area contributed by atoms with E-state index in [0.29, 0.717) is 47.8 Å². The fraction of sp³-hybridized carbons (Fsp3) is 1.00. The lowest BCUT2D eigenvalue weighted by Crippen LogP contribution is -2.67. The molecule has 4 aliphatic carbocycles. The molecule has 5 aliphatic heterocycles. The Morgan fingerprint density at radius 3 is 1.84 bits per heavy atom. The van der Waals surface area contributed by atoms with Gasteiger partial charge in [0.15, 0.2) is 24.7 Å². The van der Waals surface area contributed by atoms with Gasteiger partial charge in [0.1, 0.15) is 73.2 Å². The van der Waals surface area contributed by atoms with Gasteiger partial charge in [-0.3, -0.25) is 0 Å². The summed E-state index contributed by atoms with van der Waals surface area (Å²) in [6.45, 7) is 8.26. The molecular formula is C45H74O18. The number of rotatable bonds is 9. The molecule has 362 valence electrons. The molecule has 18 heteroatoms. The summed E-state index contributed by atoms with van der Waals surface area (Å²) in [6.07, 6.45) is -14.4. The highest BCUT2D eigenvalue weighted by molar-refractivity contribution is 5.15. The van der Waals surface area contributed by atoms with Gasteiger partial charge in [-0.1, -0.05) is 27.7 Å². The molecule has 0 radical (unpaired) electrons. The third-order valence-electron chi connectivity index (χ3n) is 18.3. The molecule has 0 unspecified atom stereocenters. The second kappa shape index (κ2) is 18.0. The molecule has 0 bridgehead atoms. The molecule has 27 atom stereocenters. The van der Waals surface area contributed by atoms with Crippen LogP contribution in [0.1, 0.15) is 91.9 Å². The van der Waals surface area contributed by atoms with Gasteiger partial charge in [0.05, 0.1) is 38.6 Å². The Hall–Kier alpha value is -0.720. The van der Waals surface area contributed by atoms with Crippen molar-refractivity contribution in [2.75, 3.05) is 26.4 Å². The Morgan fingerprint density at radius 1 is 0.556 bits per heavy atom. The third kappa shape index (κ3) is 7.88. The molecule has 63 heavy (non-hydrogen) atoms. The van der Waals surface area contributed by atoms with E-state index in [2.05, 4.69) is 27.7 Å². The van der Waals surface area contributed by atoms with Crippen molar-refractivity contribution in [2.45, 2.75) is 202 Å². The van der Waals surface area contributed by atoms with Crippen LogP contribution in [0.4, 0.5) is 0 Å². The summed E-state index contributed by atoms with van der Waals surface area (Å²) in [7, 11) is 0. The van der Waals surface area contributed by atoms with Crippen molar-refractivity contribution in [2.24, 2.45) is 52.3 Å². The van der Waals surface area contributed by atoms with E-state index in [-0.39, 0.29) is 23.0 Å². The van der Waals surface area contributed by atoms with Crippen LogP contribution in [-0.4, -0.2) is 188 Å². The number of aliphatic hydroxyl groups is 10. The van der Waals surface area contributed by atoms with Crippen molar-refractivity contribution in [3.8, 4) is 0 Å². The van der Waals surface area contributed by atoms with Gasteiger partial charge in [-0.2, -0.15) is 0 Å². The molecule has 1 spiro atoms. The fourth-order valence-corrected chi connectivity index (χ4v) is 14.7. The Morgan fingerprint density at radius 2 is 1.17 bits per heavy atom. The van der Waals surface area contributed by atoms with E-state index in [1.54, 1.807) is 0 Å². The summed E-state index contributed by atoms with van der Waals surface area (Å²) >= 11 is 0. The minimum absolute atomic E-state index is 0.0982. The van der Waals surface area contributed by atoms with E-state index in [1.807, 2.05) is 0 Å². The average Bonchev–Trinajstić information content (AvgIpc) is 3.72. The molecule has 9 rings (SSSR count). The van der Waals surface area contributed by atoms with Crippen molar-refractivity contribution in [3.63, 3.8) is 0 Å². The van der Waals surface area contributed by atoms with Gasteiger partial charge in [-0.25, -0.2) is 0 Å². The van der Waals surface area contributed by atoms with E-state index < -0.39 is 118 Å². The summed E-state index contributed by atoms with van der Waals surface area (Å²) in [6, 6.07) is 0. The lowest BCUT2D eigenvalue weighted by atomic mass is 9.44. The van der Waals surface area contributed by atoms with Gasteiger partial charge in [-0.15, -0.1) is 0 Å². The zero-order valence-corrected chi connectivity index (χ0v) is 37.0. The topological polar surface area (TPSA) is 276 Å². The second-order valence-corrected chi connectivity index (χ2v) is 21.5. The summed E-state index contributed by atoms with van der Waals surface area (Å²) in [5.74, 6) is 3.14. The highest BCUT2D eigenvalue weighted by Crippen LogP contribution is 2.71. The van der Waals surface area contributed by atoms with Crippen LogP contribution in [0.5, 0.6) is 0 Å². The van der Waals surface area contributed by atoms with Crippen LogP contribution in [0.25, 0.3) is 0 Å². The number of hydrogen-bond donors (Lipinski definition) is 10. The van der Waals surface area contributed by atoms with Gasteiger partial charge in [0, 0.05) is 12.3 Å². The van der Waals surface area contributed by atoms with E-state index in [9.17, 15) is 51.1 Å². The monoisotopic (exact) mass is 902 g/mol. The number of fused-ring (bicyclic) bond motifs is 7. The summed E-state index contributed by atoms with van der Waals surface area (Å²) in [5, 5.41) is 106. The minimum atomic E-state index is -1.89. The van der Waals surface area contributed by atoms with Crippen molar-refractivity contribution in [3.05, 3.63) is 0 Å². The van der Waals surface area contributed by atoms with Crippen molar-refractivity contribution < 1.29 is 89.0 Å². The van der Waals surface area contributed by atoms with Gasteiger partial charge >= 0.3 is 0 Å². The van der Waals surface area contributed by atoms with Crippen LogP contribution in [0.3, 0.4) is 0 Å². The van der Waals surface area contributed by atoms with Crippen molar-refractivity contribution >= 4 is 0 Å². The minimum Gasteiger partial charge on any atom is -0.394 e. The second-order valence-electron chi connectivity index (χ2n) is 21.5. The summed E-state index contributed by atoms with van der Waals surface area (Å²) in [5.41, 5.74) is 0.310. The summed E-state index contributed by atoms with van der Waals surface area (Å²) < 4.78 is 49.3. The smallest absolute Gasteiger partial charge is 0.187 e. The first-order valence-corrected chi connectivity index (χ1v) is 23.8. The third-order valence-corrected chi connectivity index (χ3v) is 18.3. The summed E-state index contributed by atoms with van der Waals surface area (Å²) in [4.78, 5) is 0. The molecule has 10 N–H and O–H groups in total. The van der Waals surface area contributed by atoms with Crippen LogP contribution in [0.2, 0.25) is 0 Å². The Bertz CT molecular complexity index is 1570. The normalized spacial score (nSPS) is 58.2. The SMILES string of the molecule is C[C@H]1CC[C@@]2(OC1)O[C@H]1C[C@H]3[C@@H]4CC[C@@H]5C[C@@H](O[C@@H]6O[C@H](CO)[C@@H](O)[C@H](O)[C@H]6O[C@@H]6O[C@H](CO)[C@@H](O)[C@H](O[C@@H]7O[C@H](CO)[C@@H](O)[C@H](O)[C@H]7O)[C@H]6O)CC[C@]5(C)[C@H]4CC[C@]3(C)[C@H]1[C@@H]2C. The molecule has 5 saturated heterocycles. The number of aliphatic hydroxyl groups excluding tert-OH is 10. The predicted octanol–water partition coefficient (Wildman–Crippen LogP) is -0.734. The van der Waals surface area contributed by atoms with Crippen molar-refractivity contribution in [1.82, 2.24) is 0 Å². The molecule has 4 saturated carbocycles. The first kappa shape index (κ1) is 47.4. The highest BCUT2D eigenvalue weighted by Gasteiger charge is 2.69. The number of ether oxygens (including phenoxy) is 8. The lowest BCUT2D eigenvalue weighted by molar-refractivity contribution is -0.388. The van der Waals surface area contributed by atoms with Gasteiger partial charge < -0.3 is 89.0 Å². The van der Waals surface area contributed by atoms with Crippen LogP contribution in [0.15, 0.2) is 0 Å². The molecule has 0 aromatic carbocycles. The Labute approximate surface area is 369 Å². The predicted molar refractivity (Wildman–Crippen MR) is 216 cm³/mol. The fourth-order valence-electron chi connectivity index (χ4n) is 14.7. The molecule has 9 fully saturated rings. The zero-order chi connectivity index (χ0) is 44.9. The molecule has 0 aromatic heterocycles. The molecule has 0 aromatic rings. The Balaban J connectivity index is 0.871. The quantitative estimate of drug-likeness (QED) is 0.128. The van der Waals surface area contributed by atoms with Crippen LogP contribution in [-0.2, 0) is 37.9 Å². The molecule has 9 aliphatic rings. The first-order chi connectivity index (χ1) is 30.0. The Kier molecular flexibility index (Phi) is 13.5. The maximum absolute atomic E-state index is 11.5. The van der Waals surface area contributed by atoms with Gasteiger partial charge in [0.2, 0.25) is 0 Å². The molecule has 0 amide bonds. The maximum Gasteiger partial charge on any atom is 0.187 e. The van der Waals surface area contributed by atoms with Crippen LogP contribution < -0.4 is 0 Å². The van der Waals surface area contributed by atoms with Crippen LogP contribution >= 0.6 is 0 Å². The van der Waals surface area contributed by atoms with E-state index >= 15 is 0 Å². The standard InChI is InChI=1S/C45H74O18/c1-19-7-12-45(56-18-19)20(2)30-26(63-45)14-25-23-6-5-21-13-22(8-10-43(21,3)24(23)9-11-44(25,30)4)57-42-39(35(53)32(50)28(16-47)60-42)62-41-37(55)38(33(51)29(17-48)59-41)61-40-36(54)34(52)31(49)27(15-46)58-40/h19-42,46-55H,5-18H2,1-4H3/t19-,20-,21+,22-,23+,24-,25-,26-,27+,28+,29+,30-,31+,32+,33+,34-,35-,36+,37+,38-,39+,40-,41-,42+,43-,44-,45+/m0/s1. The van der Waals surface area contributed by atoms with Gasteiger partial charge in [0.25, 0.3) is 0 Å². The first-order valence-electron chi connectivity index (χ1n) is 23.8. The molecule has 5 heterocycles. The van der Waals surface area contributed by atoms with E-state index in [4.69, 9.17) is 37.9 Å².